The molecular formula is C10H9N3O2S. The van der Waals surface area contributed by atoms with Crippen molar-refractivity contribution in [3.05, 3.63) is 29.7 Å². The highest BCUT2D eigenvalue weighted by Gasteiger charge is 2.09. The van der Waals surface area contributed by atoms with Crippen LogP contribution in [0.4, 0.5) is 0 Å². The molecule has 0 saturated heterocycles. The molecule has 0 unspecified atom stereocenters. The molecule has 2 aromatic heterocycles. The van der Waals surface area contributed by atoms with E-state index < -0.39 is 0 Å². The monoisotopic (exact) mass is 235 g/mol. The van der Waals surface area contributed by atoms with Crippen LogP contribution in [0, 0.1) is 0 Å². The molecule has 0 amide bonds. The molecule has 0 fully saturated rings. The molecule has 0 N–H and O–H groups in total. The maximum Gasteiger partial charge on any atom is 0.311 e. The predicted molar refractivity (Wildman–Crippen MR) is 58.9 cm³/mol. The van der Waals surface area contributed by atoms with Gasteiger partial charge >= 0.3 is 5.97 Å². The summed E-state index contributed by atoms with van der Waals surface area (Å²) in [7, 11) is 1.36. The molecule has 6 heteroatoms. The summed E-state index contributed by atoms with van der Waals surface area (Å²) in [5, 5.41) is 2.58. The predicted octanol–water partition coefficient (Wildman–Crippen LogP) is 1.32. The van der Waals surface area contributed by atoms with Gasteiger partial charge in [-0.3, -0.25) is 14.8 Å². The lowest BCUT2D eigenvalue weighted by Gasteiger charge is -1.94. The maximum absolute atomic E-state index is 11.0. The maximum atomic E-state index is 11.0. The van der Waals surface area contributed by atoms with Crippen LogP contribution in [0.25, 0.3) is 10.7 Å². The minimum Gasteiger partial charge on any atom is -0.469 e. The summed E-state index contributed by atoms with van der Waals surface area (Å²) >= 11 is 1.43. The van der Waals surface area contributed by atoms with Crippen molar-refractivity contribution in [1.82, 2.24) is 15.0 Å². The molecule has 0 aromatic carbocycles. The number of rotatable bonds is 3. The molecule has 2 aromatic rings. The van der Waals surface area contributed by atoms with E-state index in [9.17, 15) is 4.79 Å². The summed E-state index contributed by atoms with van der Waals surface area (Å²) < 4.78 is 4.57. The van der Waals surface area contributed by atoms with Crippen LogP contribution in [0.2, 0.25) is 0 Å². The zero-order valence-electron chi connectivity index (χ0n) is 8.58. The van der Waals surface area contributed by atoms with Gasteiger partial charge in [-0.2, -0.15) is 0 Å². The first-order chi connectivity index (χ1) is 7.79. The van der Waals surface area contributed by atoms with Gasteiger partial charge in [-0.15, -0.1) is 11.3 Å². The van der Waals surface area contributed by atoms with E-state index in [0.29, 0.717) is 11.4 Å². The highest BCUT2D eigenvalue weighted by Crippen LogP contribution is 2.20. The average Bonchev–Trinajstić information content (AvgIpc) is 2.78. The lowest BCUT2D eigenvalue weighted by Crippen LogP contribution is -2.04. The highest BCUT2D eigenvalue weighted by atomic mass is 32.1. The number of carbonyl (C=O) groups excluding carboxylic acids is 1. The fourth-order valence-corrected chi connectivity index (χ4v) is 1.92. The van der Waals surface area contributed by atoms with Gasteiger partial charge in [-0.1, -0.05) is 0 Å². The second-order valence-electron chi connectivity index (χ2n) is 2.99. The van der Waals surface area contributed by atoms with Crippen molar-refractivity contribution in [2.24, 2.45) is 0 Å². The summed E-state index contributed by atoms with van der Waals surface area (Å²) in [5.74, 6) is -0.295. The smallest absolute Gasteiger partial charge is 0.311 e. The van der Waals surface area contributed by atoms with Crippen molar-refractivity contribution in [1.29, 1.82) is 0 Å². The first kappa shape index (κ1) is 10.7. The summed E-state index contributed by atoms with van der Waals surface area (Å²) in [5.41, 5.74) is 1.40. The zero-order valence-corrected chi connectivity index (χ0v) is 9.40. The summed E-state index contributed by atoms with van der Waals surface area (Å²) in [6.07, 6.45) is 5.04. The number of thiazole rings is 1. The van der Waals surface area contributed by atoms with Crippen molar-refractivity contribution in [3.8, 4) is 10.7 Å². The van der Waals surface area contributed by atoms with E-state index in [2.05, 4.69) is 19.7 Å². The molecule has 0 aliphatic carbocycles. The number of methoxy groups -OCH3 is 1. The van der Waals surface area contributed by atoms with Gasteiger partial charge in [-0.05, 0) is 0 Å². The van der Waals surface area contributed by atoms with Gasteiger partial charge in [0.15, 0.2) is 0 Å². The second kappa shape index (κ2) is 4.80. The van der Waals surface area contributed by atoms with Gasteiger partial charge in [0.1, 0.15) is 10.7 Å². The molecule has 0 bridgehead atoms. The standard InChI is InChI=1S/C10H9N3O2S/c1-15-9(14)4-7-6-16-10(13-7)8-5-11-2-3-12-8/h2-3,5-6H,4H2,1H3. The molecule has 0 saturated carbocycles. The highest BCUT2D eigenvalue weighted by molar-refractivity contribution is 7.13. The van der Waals surface area contributed by atoms with Gasteiger partial charge < -0.3 is 4.74 Å². The number of ether oxygens (including phenoxy) is 1. The Bertz CT molecular complexity index is 484. The molecule has 16 heavy (non-hydrogen) atoms. The molecule has 2 rings (SSSR count). The molecule has 2 heterocycles. The zero-order chi connectivity index (χ0) is 11.4. The Morgan fingerprint density at radius 3 is 3.06 bits per heavy atom. The van der Waals surface area contributed by atoms with Crippen LogP contribution >= 0.6 is 11.3 Å². The number of nitrogens with zero attached hydrogens (tertiary/aromatic N) is 3. The number of hydrogen-bond acceptors (Lipinski definition) is 6. The number of esters is 1. The Morgan fingerprint density at radius 1 is 1.50 bits per heavy atom. The fourth-order valence-electron chi connectivity index (χ4n) is 1.14. The first-order valence-corrected chi connectivity index (χ1v) is 5.45. The molecule has 0 spiro atoms. The van der Waals surface area contributed by atoms with Crippen LogP contribution in [0.1, 0.15) is 5.69 Å². The van der Waals surface area contributed by atoms with Crippen molar-refractivity contribution in [2.75, 3.05) is 7.11 Å². The summed E-state index contributed by atoms with van der Waals surface area (Å²) in [4.78, 5) is 23.4. The van der Waals surface area contributed by atoms with Gasteiger partial charge in [0.25, 0.3) is 0 Å². The van der Waals surface area contributed by atoms with Crippen LogP contribution in [-0.4, -0.2) is 28.0 Å². The van der Waals surface area contributed by atoms with Gasteiger partial charge in [0.05, 0.1) is 25.4 Å². The SMILES string of the molecule is COC(=O)Cc1csc(-c2cnccn2)n1. The van der Waals surface area contributed by atoms with E-state index in [1.165, 1.54) is 18.4 Å². The Morgan fingerprint density at radius 2 is 2.38 bits per heavy atom. The first-order valence-electron chi connectivity index (χ1n) is 4.57. The van der Waals surface area contributed by atoms with Crippen LogP contribution < -0.4 is 0 Å². The lowest BCUT2D eigenvalue weighted by molar-refractivity contribution is -0.139. The average molecular weight is 235 g/mol. The minimum absolute atomic E-state index is 0.188. The Balaban J connectivity index is 2.17. The quantitative estimate of drug-likeness (QED) is 0.750. The summed E-state index contributed by atoms with van der Waals surface area (Å²) in [6.45, 7) is 0. The molecule has 0 atom stereocenters. The molecule has 0 radical (unpaired) electrons. The fraction of sp³-hybridized carbons (Fsp3) is 0.200. The number of aromatic nitrogens is 3. The Labute approximate surface area is 96.2 Å². The largest absolute Gasteiger partial charge is 0.469 e. The topological polar surface area (TPSA) is 65.0 Å². The van der Waals surface area contributed by atoms with Crippen LogP contribution in [0.15, 0.2) is 24.0 Å². The lowest BCUT2D eigenvalue weighted by atomic mass is 10.3. The number of hydrogen-bond donors (Lipinski definition) is 0. The Hall–Kier alpha value is -1.82. The molecule has 82 valence electrons. The van der Waals surface area contributed by atoms with E-state index in [-0.39, 0.29) is 12.4 Å². The molecule has 0 aliphatic rings. The molecule has 5 nitrogen and oxygen atoms in total. The van der Waals surface area contributed by atoms with Gasteiger partial charge in [-0.25, -0.2) is 4.98 Å². The molecular weight excluding hydrogens is 226 g/mol. The van der Waals surface area contributed by atoms with Crippen LogP contribution in [0.5, 0.6) is 0 Å². The van der Waals surface area contributed by atoms with Gasteiger partial charge in [0, 0.05) is 17.8 Å². The van der Waals surface area contributed by atoms with E-state index in [4.69, 9.17) is 0 Å². The van der Waals surface area contributed by atoms with Gasteiger partial charge in [0.2, 0.25) is 0 Å². The van der Waals surface area contributed by atoms with Crippen LogP contribution in [0.3, 0.4) is 0 Å². The van der Waals surface area contributed by atoms with Crippen molar-refractivity contribution in [2.45, 2.75) is 6.42 Å². The Kier molecular flexibility index (Phi) is 3.21. The van der Waals surface area contributed by atoms with Crippen molar-refractivity contribution < 1.29 is 9.53 Å². The third-order valence-electron chi connectivity index (χ3n) is 1.89. The molecule has 0 aliphatic heterocycles. The summed E-state index contributed by atoms with van der Waals surface area (Å²) in [6, 6.07) is 0. The third kappa shape index (κ3) is 2.40. The van der Waals surface area contributed by atoms with E-state index >= 15 is 0 Å². The van der Waals surface area contributed by atoms with Crippen molar-refractivity contribution in [3.63, 3.8) is 0 Å². The normalized spacial score (nSPS) is 10.1. The van der Waals surface area contributed by atoms with Crippen LogP contribution in [-0.2, 0) is 16.0 Å². The van der Waals surface area contributed by atoms with Crippen molar-refractivity contribution >= 4 is 17.3 Å². The van der Waals surface area contributed by atoms with E-state index in [1.54, 1.807) is 18.6 Å². The minimum atomic E-state index is -0.295. The van der Waals surface area contributed by atoms with E-state index in [1.807, 2.05) is 5.38 Å². The third-order valence-corrected chi connectivity index (χ3v) is 2.80. The second-order valence-corrected chi connectivity index (χ2v) is 3.85. The van der Waals surface area contributed by atoms with E-state index in [0.717, 1.165) is 5.01 Å². The number of carbonyl (C=O) groups is 1.